The second-order valence-corrected chi connectivity index (χ2v) is 5.50. The number of hydrogen-bond acceptors (Lipinski definition) is 3. The Hall–Kier alpha value is -1.66. The van der Waals surface area contributed by atoms with Crippen LogP contribution in [-0.2, 0) is 14.8 Å². The lowest BCUT2D eigenvalue weighted by molar-refractivity contribution is -0.119. The van der Waals surface area contributed by atoms with E-state index in [2.05, 4.69) is 16.6 Å². The Kier molecular flexibility index (Phi) is 5.06. The van der Waals surface area contributed by atoms with Crippen LogP contribution >= 0.6 is 0 Å². The molecule has 0 fully saturated rings. The van der Waals surface area contributed by atoms with Gasteiger partial charge in [-0.3, -0.25) is 4.79 Å². The van der Waals surface area contributed by atoms with Crippen molar-refractivity contribution >= 4 is 15.9 Å². The fraction of sp³-hybridized carbons (Fsp3) is 0.250. The highest BCUT2D eigenvalue weighted by Crippen LogP contribution is 2.10. The van der Waals surface area contributed by atoms with E-state index in [1.807, 2.05) is 0 Å². The first-order valence-electron chi connectivity index (χ1n) is 5.39. The highest BCUT2D eigenvalue weighted by molar-refractivity contribution is 7.89. The fourth-order valence-corrected chi connectivity index (χ4v) is 2.36. The van der Waals surface area contributed by atoms with Crippen molar-refractivity contribution in [2.24, 2.45) is 0 Å². The molecule has 1 aromatic rings. The molecule has 0 unspecified atom stereocenters. The van der Waals surface area contributed by atoms with Gasteiger partial charge in [0.1, 0.15) is 0 Å². The van der Waals surface area contributed by atoms with Crippen molar-refractivity contribution < 1.29 is 13.2 Å². The van der Waals surface area contributed by atoms with Gasteiger partial charge in [-0.05, 0) is 24.6 Å². The van der Waals surface area contributed by atoms with Crippen molar-refractivity contribution in [3.63, 3.8) is 0 Å². The molecule has 0 atom stereocenters. The van der Waals surface area contributed by atoms with Crippen LogP contribution in [0.4, 0.5) is 0 Å². The molecular weight excluding hydrogens is 252 g/mol. The Morgan fingerprint density at radius 1 is 1.44 bits per heavy atom. The smallest absolute Gasteiger partial charge is 0.241 e. The maximum atomic E-state index is 11.9. The van der Waals surface area contributed by atoms with Gasteiger partial charge in [-0.25, -0.2) is 13.1 Å². The summed E-state index contributed by atoms with van der Waals surface area (Å²) in [5, 5.41) is 2.48. The Morgan fingerprint density at radius 3 is 2.78 bits per heavy atom. The minimum Gasteiger partial charge on any atom is -0.352 e. The SMILES string of the molecule is C=CCNC(=O)CNS(=O)(=O)c1cccc(C)c1. The number of hydrogen-bond donors (Lipinski definition) is 2. The van der Waals surface area contributed by atoms with Crippen LogP contribution in [0.15, 0.2) is 41.8 Å². The fourth-order valence-electron chi connectivity index (χ4n) is 1.27. The highest BCUT2D eigenvalue weighted by atomic mass is 32.2. The van der Waals surface area contributed by atoms with Crippen molar-refractivity contribution in [1.29, 1.82) is 0 Å². The molecule has 0 aromatic heterocycles. The van der Waals surface area contributed by atoms with Crippen LogP contribution in [0.5, 0.6) is 0 Å². The minimum absolute atomic E-state index is 0.152. The zero-order valence-electron chi connectivity index (χ0n) is 10.1. The van der Waals surface area contributed by atoms with E-state index in [1.165, 1.54) is 12.1 Å². The second-order valence-electron chi connectivity index (χ2n) is 3.73. The molecular formula is C12H16N2O3S. The quantitative estimate of drug-likeness (QED) is 0.741. The van der Waals surface area contributed by atoms with E-state index in [4.69, 9.17) is 0 Å². The molecule has 0 aliphatic carbocycles. The Bertz CT molecular complexity index is 538. The lowest BCUT2D eigenvalue weighted by Crippen LogP contribution is -2.36. The summed E-state index contributed by atoms with van der Waals surface area (Å²) >= 11 is 0. The van der Waals surface area contributed by atoms with Gasteiger partial charge < -0.3 is 5.32 Å². The van der Waals surface area contributed by atoms with Gasteiger partial charge in [0.2, 0.25) is 15.9 Å². The number of benzene rings is 1. The Labute approximate surface area is 107 Å². The number of amides is 1. The van der Waals surface area contributed by atoms with Crippen LogP contribution in [0, 0.1) is 6.92 Å². The molecule has 0 saturated carbocycles. The van der Waals surface area contributed by atoms with E-state index >= 15 is 0 Å². The lowest BCUT2D eigenvalue weighted by Gasteiger charge is -2.07. The molecule has 0 bridgehead atoms. The number of rotatable bonds is 6. The van der Waals surface area contributed by atoms with Gasteiger partial charge in [0.25, 0.3) is 0 Å². The zero-order chi connectivity index (χ0) is 13.6. The summed E-state index contributed by atoms with van der Waals surface area (Å²) in [5.74, 6) is -0.397. The van der Waals surface area contributed by atoms with Gasteiger partial charge in [0.15, 0.2) is 0 Å². The molecule has 5 nitrogen and oxygen atoms in total. The van der Waals surface area contributed by atoms with Crippen molar-refractivity contribution in [3.8, 4) is 0 Å². The van der Waals surface area contributed by atoms with E-state index in [9.17, 15) is 13.2 Å². The molecule has 0 radical (unpaired) electrons. The van der Waals surface area contributed by atoms with Crippen LogP contribution in [0.25, 0.3) is 0 Å². The lowest BCUT2D eigenvalue weighted by atomic mass is 10.2. The highest BCUT2D eigenvalue weighted by Gasteiger charge is 2.14. The maximum Gasteiger partial charge on any atom is 0.241 e. The molecule has 0 aliphatic rings. The minimum atomic E-state index is -3.64. The predicted octanol–water partition coefficient (Wildman–Crippen LogP) is 0.576. The molecule has 18 heavy (non-hydrogen) atoms. The number of sulfonamides is 1. The van der Waals surface area contributed by atoms with Crippen LogP contribution in [0.2, 0.25) is 0 Å². The molecule has 6 heteroatoms. The largest absolute Gasteiger partial charge is 0.352 e. The van der Waals surface area contributed by atoms with Gasteiger partial charge in [0.05, 0.1) is 11.4 Å². The standard InChI is InChI=1S/C12H16N2O3S/c1-3-7-13-12(15)9-14-18(16,17)11-6-4-5-10(2)8-11/h3-6,8,14H,1,7,9H2,2H3,(H,13,15). The third-order valence-electron chi connectivity index (χ3n) is 2.17. The van der Waals surface area contributed by atoms with Crippen LogP contribution in [0.3, 0.4) is 0 Å². The topological polar surface area (TPSA) is 75.3 Å². The van der Waals surface area contributed by atoms with Gasteiger partial charge in [-0.15, -0.1) is 6.58 Å². The third-order valence-corrected chi connectivity index (χ3v) is 3.57. The number of carbonyl (C=O) groups excluding carboxylic acids is 1. The van der Waals surface area contributed by atoms with Crippen molar-refractivity contribution in [2.75, 3.05) is 13.1 Å². The molecule has 2 N–H and O–H groups in total. The summed E-state index contributed by atoms with van der Waals surface area (Å²) in [6.07, 6.45) is 1.52. The summed E-state index contributed by atoms with van der Waals surface area (Å²) in [6, 6.07) is 6.48. The average Bonchev–Trinajstić information content (AvgIpc) is 2.34. The molecule has 0 aliphatic heterocycles. The van der Waals surface area contributed by atoms with E-state index in [0.29, 0.717) is 6.54 Å². The molecule has 1 rings (SSSR count). The Balaban J connectivity index is 2.66. The van der Waals surface area contributed by atoms with Crippen molar-refractivity contribution in [2.45, 2.75) is 11.8 Å². The normalized spacial score (nSPS) is 10.9. The van der Waals surface area contributed by atoms with E-state index in [1.54, 1.807) is 25.1 Å². The summed E-state index contributed by atoms with van der Waals surface area (Å²) in [6.45, 7) is 5.27. The second kappa shape index (κ2) is 6.32. The van der Waals surface area contributed by atoms with E-state index in [-0.39, 0.29) is 11.4 Å². The van der Waals surface area contributed by atoms with Crippen LogP contribution in [0.1, 0.15) is 5.56 Å². The number of aryl methyl sites for hydroxylation is 1. The van der Waals surface area contributed by atoms with Crippen molar-refractivity contribution in [1.82, 2.24) is 10.0 Å². The molecule has 1 aromatic carbocycles. The monoisotopic (exact) mass is 268 g/mol. The summed E-state index contributed by atoms with van der Waals surface area (Å²) in [7, 11) is -3.64. The first-order valence-corrected chi connectivity index (χ1v) is 6.88. The van der Waals surface area contributed by atoms with Gasteiger partial charge in [-0.2, -0.15) is 0 Å². The number of carbonyl (C=O) groups is 1. The van der Waals surface area contributed by atoms with Crippen LogP contribution < -0.4 is 10.0 Å². The first-order chi connectivity index (χ1) is 8.45. The molecule has 1 amide bonds. The Morgan fingerprint density at radius 2 is 2.17 bits per heavy atom. The molecule has 0 saturated heterocycles. The zero-order valence-corrected chi connectivity index (χ0v) is 11.0. The van der Waals surface area contributed by atoms with Crippen molar-refractivity contribution in [3.05, 3.63) is 42.5 Å². The van der Waals surface area contributed by atoms with Gasteiger partial charge in [0, 0.05) is 6.54 Å². The first kappa shape index (κ1) is 14.4. The molecule has 0 heterocycles. The van der Waals surface area contributed by atoms with Crippen LogP contribution in [-0.4, -0.2) is 27.4 Å². The van der Waals surface area contributed by atoms with E-state index < -0.39 is 15.9 Å². The maximum absolute atomic E-state index is 11.9. The summed E-state index contributed by atoms with van der Waals surface area (Å²) in [5.41, 5.74) is 0.842. The number of nitrogens with one attached hydrogen (secondary N) is 2. The summed E-state index contributed by atoms with van der Waals surface area (Å²) < 4.78 is 25.9. The van der Waals surface area contributed by atoms with E-state index in [0.717, 1.165) is 5.56 Å². The molecule has 0 spiro atoms. The molecule has 98 valence electrons. The average molecular weight is 268 g/mol. The van der Waals surface area contributed by atoms with Gasteiger partial charge >= 0.3 is 0 Å². The third kappa shape index (κ3) is 4.31. The summed E-state index contributed by atoms with van der Waals surface area (Å²) in [4.78, 5) is 11.4. The predicted molar refractivity (Wildman–Crippen MR) is 69.6 cm³/mol. The van der Waals surface area contributed by atoms with Gasteiger partial charge in [-0.1, -0.05) is 18.2 Å².